The number of ether oxygens (including phenoxy) is 1. The zero-order valence-corrected chi connectivity index (χ0v) is 13.1. The van der Waals surface area contributed by atoms with E-state index in [0.29, 0.717) is 10.9 Å². The Bertz CT molecular complexity index is 699. The molecular weight excluding hydrogens is 296 g/mol. The minimum Gasteiger partial charge on any atom is -0.383 e. The Morgan fingerprint density at radius 3 is 2.74 bits per heavy atom. The first kappa shape index (κ1) is 15.6. The van der Waals surface area contributed by atoms with Gasteiger partial charge in [-0.2, -0.15) is 0 Å². The Kier molecular flexibility index (Phi) is 4.68. The lowest BCUT2D eigenvalue weighted by Crippen LogP contribution is -2.47. The van der Waals surface area contributed by atoms with E-state index in [9.17, 15) is 10.1 Å². The molecule has 1 aromatic carbocycles. The largest absolute Gasteiger partial charge is 0.383 e. The molecule has 2 aromatic rings. The number of aromatic nitrogens is 1. The van der Waals surface area contributed by atoms with Crippen LogP contribution in [0.4, 0.5) is 11.4 Å². The van der Waals surface area contributed by atoms with Gasteiger partial charge in [-0.15, -0.1) is 0 Å². The summed E-state index contributed by atoms with van der Waals surface area (Å²) < 4.78 is 5.12. The van der Waals surface area contributed by atoms with Gasteiger partial charge >= 0.3 is 0 Å². The van der Waals surface area contributed by atoms with Crippen LogP contribution in [0.25, 0.3) is 10.9 Å². The first-order valence-corrected chi connectivity index (χ1v) is 7.69. The Labute approximate surface area is 134 Å². The summed E-state index contributed by atoms with van der Waals surface area (Å²) in [5, 5.41) is 11.8. The molecule has 1 aliphatic rings. The fourth-order valence-electron chi connectivity index (χ4n) is 2.99. The molecule has 0 atom stereocenters. The van der Waals surface area contributed by atoms with Crippen LogP contribution in [0.3, 0.4) is 0 Å². The van der Waals surface area contributed by atoms with E-state index in [1.807, 2.05) is 6.07 Å². The van der Waals surface area contributed by atoms with Crippen molar-refractivity contribution < 1.29 is 9.66 Å². The maximum atomic E-state index is 11.2. The third-order valence-corrected chi connectivity index (χ3v) is 4.25. The molecule has 0 N–H and O–H groups in total. The smallest absolute Gasteiger partial charge is 0.278 e. The molecule has 7 nitrogen and oxygen atoms in total. The Morgan fingerprint density at radius 1 is 1.26 bits per heavy atom. The highest BCUT2D eigenvalue weighted by Gasteiger charge is 2.21. The van der Waals surface area contributed by atoms with Gasteiger partial charge in [0.25, 0.3) is 5.69 Å². The third kappa shape index (κ3) is 3.25. The predicted octanol–water partition coefficient (Wildman–Crippen LogP) is 1.91. The molecule has 0 unspecified atom stereocenters. The molecule has 1 aromatic heterocycles. The van der Waals surface area contributed by atoms with Crippen LogP contribution < -0.4 is 4.90 Å². The molecule has 0 bridgehead atoms. The topological polar surface area (TPSA) is 71.7 Å². The highest BCUT2D eigenvalue weighted by atomic mass is 16.6. The fraction of sp³-hybridized carbons (Fsp3) is 0.438. The number of rotatable bonds is 5. The number of non-ortho nitro benzene ring substituents is 1. The molecule has 1 aliphatic heterocycles. The number of benzene rings is 1. The van der Waals surface area contributed by atoms with E-state index in [1.165, 1.54) is 0 Å². The number of hydrogen-bond donors (Lipinski definition) is 0. The SMILES string of the molecule is COCCN1CCN(c2ccc([N+](=O)[O-])c3cccnc23)CC1. The first-order chi connectivity index (χ1) is 11.2. The fourth-order valence-corrected chi connectivity index (χ4v) is 2.99. The van der Waals surface area contributed by atoms with Gasteiger partial charge in [0, 0.05) is 52.1 Å². The Balaban J connectivity index is 1.84. The average molecular weight is 316 g/mol. The summed E-state index contributed by atoms with van der Waals surface area (Å²) in [6.45, 7) is 5.34. The number of pyridine rings is 1. The number of nitrogens with zero attached hydrogens (tertiary/aromatic N) is 4. The molecule has 122 valence electrons. The molecule has 0 amide bonds. The lowest BCUT2D eigenvalue weighted by Gasteiger charge is -2.36. The second-order valence-corrected chi connectivity index (χ2v) is 5.58. The summed E-state index contributed by atoms with van der Waals surface area (Å²) in [7, 11) is 1.71. The van der Waals surface area contributed by atoms with Crippen molar-refractivity contribution in [2.45, 2.75) is 0 Å². The summed E-state index contributed by atoms with van der Waals surface area (Å²) in [6.07, 6.45) is 1.68. The average Bonchev–Trinajstić information content (AvgIpc) is 2.59. The van der Waals surface area contributed by atoms with Gasteiger partial charge in [-0.05, 0) is 18.2 Å². The molecular formula is C16H20N4O3. The van der Waals surface area contributed by atoms with Gasteiger partial charge in [-0.3, -0.25) is 20.0 Å². The van der Waals surface area contributed by atoms with Gasteiger partial charge in [0.1, 0.15) is 5.52 Å². The predicted molar refractivity (Wildman–Crippen MR) is 88.9 cm³/mol. The normalized spacial score (nSPS) is 16.0. The lowest BCUT2D eigenvalue weighted by molar-refractivity contribution is -0.383. The van der Waals surface area contributed by atoms with E-state index in [-0.39, 0.29) is 10.6 Å². The molecule has 0 aliphatic carbocycles. The second kappa shape index (κ2) is 6.89. The van der Waals surface area contributed by atoms with Crippen molar-refractivity contribution in [3.8, 4) is 0 Å². The van der Waals surface area contributed by atoms with Gasteiger partial charge in [-0.25, -0.2) is 0 Å². The molecule has 1 saturated heterocycles. The molecule has 7 heteroatoms. The number of nitro benzene ring substituents is 1. The zero-order valence-electron chi connectivity index (χ0n) is 13.1. The van der Waals surface area contributed by atoms with Gasteiger partial charge in [-0.1, -0.05) is 0 Å². The summed E-state index contributed by atoms with van der Waals surface area (Å²) in [5.74, 6) is 0. The number of hydrogen-bond acceptors (Lipinski definition) is 6. The van der Waals surface area contributed by atoms with E-state index in [1.54, 1.807) is 31.5 Å². The van der Waals surface area contributed by atoms with Crippen LogP contribution in [-0.4, -0.2) is 61.2 Å². The highest BCUT2D eigenvalue weighted by molar-refractivity contribution is 5.97. The molecule has 0 spiro atoms. The number of piperazine rings is 1. The molecule has 23 heavy (non-hydrogen) atoms. The molecule has 0 saturated carbocycles. The van der Waals surface area contributed by atoms with Gasteiger partial charge in [0.05, 0.1) is 22.6 Å². The van der Waals surface area contributed by atoms with E-state index in [0.717, 1.165) is 45.0 Å². The van der Waals surface area contributed by atoms with Crippen molar-refractivity contribution in [3.63, 3.8) is 0 Å². The highest BCUT2D eigenvalue weighted by Crippen LogP contribution is 2.32. The Hall–Kier alpha value is -2.25. The van der Waals surface area contributed by atoms with E-state index in [4.69, 9.17) is 4.74 Å². The molecule has 0 radical (unpaired) electrons. The first-order valence-electron chi connectivity index (χ1n) is 7.69. The number of nitro groups is 1. The number of anilines is 1. The van der Waals surface area contributed by atoms with Crippen molar-refractivity contribution in [3.05, 3.63) is 40.6 Å². The summed E-state index contributed by atoms with van der Waals surface area (Å²) in [6, 6.07) is 6.90. The third-order valence-electron chi connectivity index (χ3n) is 4.25. The number of fused-ring (bicyclic) bond motifs is 1. The van der Waals surface area contributed by atoms with E-state index < -0.39 is 0 Å². The van der Waals surface area contributed by atoms with Crippen LogP contribution in [0.2, 0.25) is 0 Å². The molecule has 1 fully saturated rings. The monoisotopic (exact) mass is 316 g/mol. The van der Waals surface area contributed by atoms with Crippen molar-refractivity contribution in [2.75, 3.05) is 51.3 Å². The summed E-state index contributed by atoms with van der Waals surface area (Å²) in [4.78, 5) is 19.8. The van der Waals surface area contributed by atoms with Crippen LogP contribution in [0.5, 0.6) is 0 Å². The Morgan fingerprint density at radius 2 is 2.04 bits per heavy atom. The lowest BCUT2D eigenvalue weighted by atomic mass is 10.1. The van der Waals surface area contributed by atoms with Gasteiger partial charge in [0.15, 0.2) is 0 Å². The van der Waals surface area contributed by atoms with Crippen LogP contribution in [-0.2, 0) is 4.74 Å². The standard InChI is InChI=1S/C16H20N4O3/c1-23-12-11-18-7-9-19(10-8-18)15-5-4-14(20(21)22)13-3-2-6-17-16(13)15/h2-6H,7-12H2,1H3. The summed E-state index contributed by atoms with van der Waals surface area (Å²) >= 11 is 0. The second-order valence-electron chi connectivity index (χ2n) is 5.58. The summed E-state index contributed by atoms with van der Waals surface area (Å²) in [5.41, 5.74) is 1.78. The van der Waals surface area contributed by atoms with Crippen LogP contribution in [0.15, 0.2) is 30.5 Å². The molecule has 2 heterocycles. The van der Waals surface area contributed by atoms with Crippen molar-refractivity contribution in [2.24, 2.45) is 0 Å². The minimum absolute atomic E-state index is 0.107. The number of methoxy groups -OCH3 is 1. The van der Waals surface area contributed by atoms with Crippen molar-refractivity contribution in [1.29, 1.82) is 0 Å². The molecule has 3 rings (SSSR count). The van der Waals surface area contributed by atoms with E-state index in [2.05, 4.69) is 14.8 Å². The van der Waals surface area contributed by atoms with Gasteiger partial charge in [0.2, 0.25) is 0 Å². The van der Waals surface area contributed by atoms with Crippen LogP contribution >= 0.6 is 0 Å². The minimum atomic E-state index is -0.351. The maximum Gasteiger partial charge on any atom is 0.278 e. The van der Waals surface area contributed by atoms with Crippen LogP contribution in [0, 0.1) is 10.1 Å². The van der Waals surface area contributed by atoms with Crippen molar-refractivity contribution in [1.82, 2.24) is 9.88 Å². The zero-order chi connectivity index (χ0) is 16.2. The quantitative estimate of drug-likeness (QED) is 0.620. The van der Waals surface area contributed by atoms with Gasteiger partial charge < -0.3 is 9.64 Å². The van der Waals surface area contributed by atoms with E-state index >= 15 is 0 Å². The van der Waals surface area contributed by atoms with Crippen molar-refractivity contribution >= 4 is 22.3 Å². The van der Waals surface area contributed by atoms with Crippen LogP contribution in [0.1, 0.15) is 0 Å². The maximum absolute atomic E-state index is 11.2.